The summed E-state index contributed by atoms with van der Waals surface area (Å²) in [4.78, 5) is 15.5. The van der Waals surface area contributed by atoms with Crippen LogP contribution in [0.25, 0.3) is 10.8 Å². The molecule has 2 aromatic carbocycles. The lowest BCUT2D eigenvalue weighted by molar-refractivity contribution is 0.183. The number of rotatable bonds is 4. The number of aromatic nitrogens is 2. The van der Waals surface area contributed by atoms with E-state index in [9.17, 15) is 4.79 Å². The first kappa shape index (κ1) is 18.2. The number of hydrogen-bond donors (Lipinski definition) is 1. The molecule has 5 rings (SSSR count). The molecule has 5 heteroatoms. The minimum Gasteiger partial charge on any atom is -0.316 e. The van der Waals surface area contributed by atoms with Gasteiger partial charge in [0, 0.05) is 24.2 Å². The summed E-state index contributed by atoms with van der Waals surface area (Å²) in [6.07, 6.45) is 7.94. The van der Waals surface area contributed by atoms with E-state index in [1.54, 1.807) is 0 Å². The van der Waals surface area contributed by atoms with Gasteiger partial charge in [-0.05, 0) is 49.1 Å². The molecule has 0 aliphatic heterocycles. The molecular formula is C24H28N4O. The molecule has 0 atom stereocenters. The minimum atomic E-state index is -0.00865. The van der Waals surface area contributed by atoms with E-state index in [1.807, 2.05) is 40.9 Å². The number of urea groups is 1. The molecule has 0 saturated heterocycles. The Labute approximate surface area is 171 Å². The molecule has 5 nitrogen and oxygen atoms in total. The van der Waals surface area contributed by atoms with Crippen LogP contribution in [-0.4, -0.2) is 26.8 Å². The van der Waals surface area contributed by atoms with Crippen LogP contribution in [0.5, 0.6) is 0 Å². The van der Waals surface area contributed by atoms with Crippen molar-refractivity contribution in [1.29, 1.82) is 0 Å². The normalized spacial score (nSPS) is 16.3. The fraction of sp³-hybridized carbons (Fsp3) is 0.417. The van der Waals surface area contributed by atoms with Gasteiger partial charge in [-0.2, -0.15) is 5.10 Å². The lowest BCUT2D eigenvalue weighted by Crippen LogP contribution is -2.41. The van der Waals surface area contributed by atoms with Crippen LogP contribution in [0, 0.1) is 0 Å². The lowest BCUT2D eigenvalue weighted by atomic mass is 10.1. The summed E-state index contributed by atoms with van der Waals surface area (Å²) >= 11 is 0. The van der Waals surface area contributed by atoms with Crippen molar-refractivity contribution in [2.75, 3.05) is 5.32 Å². The molecule has 1 aromatic heterocycles. The molecule has 2 aliphatic rings. The van der Waals surface area contributed by atoms with Gasteiger partial charge >= 0.3 is 6.03 Å². The third-order valence-corrected chi connectivity index (χ3v) is 6.58. The zero-order valence-corrected chi connectivity index (χ0v) is 17.0. The van der Waals surface area contributed by atoms with Crippen molar-refractivity contribution < 1.29 is 4.79 Å². The average molecular weight is 389 g/mol. The van der Waals surface area contributed by atoms with Gasteiger partial charge in [-0.15, -0.1) is 0 Å². The molecule has 0 spiro atoms. The second-order valence-corrected chi connectivity index (χ2v) is 8.37. The Balaban J connectivity index is 1.44. The molecule has 3 aromatic rings. The number of aryl methyl sites for hydroxylation is 1. The molecule has 1 fully saturated rings. The molecule has 0 radical (unpaired) electrons. The van der Waals surface area contributed by atoms with E-state index in [2.05, 4.69) is 23.5 Å². The van der Waals surface area contributed by atoms with Gasteiger partial charge < -0.3 is 10.2 Å². The zero-order valence-electron chi connectivity index (χ0n) is 17.0. The molecular weight excluding hydrogens is 360 g/mol. The summed E-state index contributed by atoms with van der Waals surface area (Å²) in [6.45, 7) is 0.602. The quantitative estimate of drug-likeness (QED) is 0.681. The topological polar surface area (TPSA) is 50.2 Å². The maximum absolute atomic E-state index is 13.4. The van der Waals surface area contributed by atoms with Crippen molar-refractivity contribution >= 4 is 22.5 Å². The van der Waals surface area contributed by atoms with Gasteiger partial charge in [0.15, 0.2) is 0 Å². The number of anilines is 1. The maximum Gasteiger partial charge on any atom is 0.322 e. The first-order valence-corrected chi connectivity index (χ1v) is 10.8. The van der Waals surface area contributed by atoms with Crippen LogP contribution in [0.3, 0.4) is 0 Å². The number of amides is 2. The maximum atomic E-state index is 13.4. The van der Waals surface area contributed by atoms with E-state index in [-0.39, 0.29) is 6.03 Å². The first-order valence-electron chi connectivity index (χ1n) is 10.8. The Bertz CT molecular complexity index is 1040. The summed E-state index contributed by atoms with van der Waals surface area (Å²) in [6, 6.07) is 14.6. The number of fused-ring (bicyclic) bond motifs is 2. The van der Waals surface area contributed by atoms with Crippen LogP contribution in [0.4, 0.5) is 10.5 Å². The van der Waals surface area contributed by atoms with Crippen molar-refractivity contribution in [2.45, 2.75) is 57.5 Å². The summed E-state index contributed by atoms with van der Waals surface area (Å²) in [5, 5.41) is 10.2. The molecule has 150 valence electrons. The van der Waals surface area contributed by atoms with Crippen molar-refractivity contribution in [3.8, 4) is 0 Å². The van der Waals surface area contributed by atoms with Crippen molar-refractivity contribution in [3.63, 3.8) is 0 Å². The van der Waals surface area contributed by atoms with Crippen LogP contribution in [0.1, 0.15) is 49.1 Å². The number of benzene rings is 2. The monoisotopic (exact) mass is 388 g/mol. The highest BCUT2D eigenvalue weighted by atomic mass is 16.2. The first-order chi connectivity index (χ1) is 14.2. The van der Waals surface area contributed by atoms with E-state index >= 15 is 0 Å². The van der Waals surface area contributed by atoms with E-state index in [0.29, 0.717) is 12.6 Å². The van der Waals surface area contributed by atoms with E-state index in [0.717, 1.165) is 47.8 Å². The molecule has 2 amide bonds. The van der Waals surface area contributed by atoms with Crippen molar-refractivity contribution in [2.24, 2.45) is 7.05 Å². The fourth-order valence-electron chi connectivity index (χ4n) is 5.09. The molecule has 1 saturated carbocycles. The van der Waals surface area contributed by atoms with Gasteiger partial charge in [-0.1, -0.05) is 49.2 Å². The Hall–Kier alpha value is -2.82. The second-order valence-electron chi connectivity index (χ2n) is 8.37. The van der Waals surface area contributed by atoms with Gasteiger partial charge in [0.2, 0.25) is 0 Å². The summed E-state index contributed by atoms with van der Waals surface area (Å²) in [5.41, 5.74) is 4.68. The third kappa shape index (κ3) is 3.39. The second kappa shape index (κ2) is 7.54. The van der Waals surface area contributed by atoms with Crippen molar-refractivity contribution in [3.05, 3.63) is 59.4 Å². The Morgan fingerprint density at radius 2 is 1.90 bits per heavy atom. The summed E-state index contributed by atoms with van der Waals surface area (Å²) in [7, 11) is 2.03. The van der Waals surface area contributed by atoms with Gasteiger partial charge in [0.25, 0.3) is 0 Å². The Morgan fingerprint density at radius 1 is 1.10 bits per heavy atom. The van der Waals surface area contributed by atoms with Crippen LogP contribution in [0.15, 0.2) is 42.5 Å². The standard InChI is InChI=1S/C24H28N4O/c1-27-23-15-7-13-20(23)22(26-27)16-28(18-10-3-4-11-18)24(29)25-21-14-6-9-17-8-2-5-12-19(17)21/h2,5-6,8-9,12,14,18H,3-4,7,10-11,13,15-16H2,1H3,(H,25,29). The summed E-state index contributed by atoms with van der Waals surface area (Å²) in [5.74, 6) is 0. The molecule has 2 aliphatic carbocycles. The van der Waals surface area contributed by atoms with E-state index in [4.69, 9.17) is 5.10 Å². The van der Waals surface area contributed by atoms with Crippen LogP contribution < -0.4 is 5.32 Å². The largest absolute Gasteiger partial charge is 0.322 e. The fourth-order valence-corrected chi connectivity index (χ4v) is 5.09. The van der Waals surface area contributed by atoms with Crippen molar-refractivity contribution in [1.82, 2.24) is 14.7 Å². The Kier molecular flexibility index (Phi) is 4.74. The predicted molar refractivity (Wildman–Crippen MR) is 116 cm³/mol. The number of carbonyl (C=O) groups is 1. The van der Waals surface area contributed by atoms with Gasteiger partial charge in [0.1, 0.15) is 0 Å². The smallest absolute Gasteiger partial charge is 0.316 e. The Morgan fingerprint density at radius 3 is 2.76 bits per heavy atom. The minimum absolute atomic E-state index is 0.00865. The molecule has 1 N–H and O–H groups in total. The SMILES string of the molecule is Cn1nc(CN(C(=O)Nc2cccc3ccccc23)C2CCCC2)c2c1CCC2. The highest BCUT2D eigenvalue weighted by molar-refractivity contribution is 6.01. The van der Waals surface area contributed by atoms with Gasteiger partial charge in [-0.3, -0.25) is 4.68 Å². The average Bonchev–Trinajstić information content (AvgIpc) is 3.47. The van der Waals surface area contributed by atoms with Gasteiger partial charge in [-0.25, -0.2) is 4.79 Å². The van der Waals surface area contributed by atoms with E-state index in [1.165, 1.54) is 30.5 Å². The van der Waals surface area contributed by atoms with Gasteiger partial charge in [0.05, 0.1) is 17.9 Å². The van der Waals surface area contributed by atoms with Crippen LogP contribution >= 0.6 is 0 Å². The number of carbonyl (C=O) groups excluding carboxylic acids is 1. The number of nitrogens with zero attached hydrogens (tertiary/aromatic N) is 3. The lowest BCUT2D eigenvalue weighted by Gasteiger charge is -2.29. The predicted octanol–water partition coefficient (Wildman–Crippen LogP) is 5.04. The number of nitrogens with one attached hydrogen (secondary N) is 1. The number of hydrogen-bond acceptors (Lipinski definition) is 2. The highest BCUT2D eigenvalue weighted by Crippen LogP contribution is 2.30. The molecule has 1 heterocycles. The highest BCUT2D eigenvalue weighted by Gasteiger charge is 2.30. The van der Waals surface area contributed by atoms with Crippen LogP contribution in [0.2, 0.25) is 0 Å². The molecule has 0 bridgehead atoms. The van der Waals surface area contributed by atoms with Crippen LogP contribution in [-0.2, 0) is 26.4 Å². The third-order valence-electron chi connectivity index (χ3n) is 6.58. The summed E-state index contributed by atoms with van der Waals surface area (Å²) < 4.78 is 2.02. The molecule has 0 unspecified atom stereocenters. The molecule has 29 heavy (non-hydrogen) atoms. The zero-order chi connectivity index (χ0) is 19.8. The van der Waals surface area contributed by atoms with E-state index < -0.39 is 0 Å².